The molecule has 2 aliphatic heterocycles. The minimum absolute atomic E-state index is 0. The zero-order valence-corrected chi connectivity index (χ0v) is 14.4. The molecule has 0 spiro atoms. The quantitative estimate of drug-likeness (QED) is 0.893. The van der Waals surface area contributed by atoms with Crippen molar-refractivity contribution in [3.63, 3.8) is 0 Å². The Labute approximate surface area is 148 Å². The molecule has 0 radical (unpaired) electrons. The summed E-state index contributed by atoms with van der Waals surface area (Å²) in [6, 6.07) is 14.6. The summed E-state index contributed by atoms with van der Waals surface area (Å²) in [5.41, 5.74) is 11.0. The second-order valence-corrected chi connectivity index (χ2v) is 6.62. The smallest absolute Gasteiger partial charge is 0.248 e. The molecular weight excluding hydrogens is 314 g/mol. The van der Waals surface area contributed by atoms with Crippen molar-refractivity contribution in [2.24, 2.45) is 5.73 Å². The van der Waals surface area contributed by atoms with Gasteiger partial charge in [0.1, 0.15) is 0 Å². The van der Waals surface area contributed by atoms with Crippen molar-refractivity contribution in [1.82, 2.24) is 6.15 Å². The minimum Gasteiger partial charge on any atom is -0.374 e. The van der Waals surface area contributed by atoms with Gasteiger partial charge in [0.05, 0.1) is 6.10 Å². The van der Waals surface area contributed by atoms with E-state index in [0.717, 1.165) is 39.0 Å². The molecule has 2 heterocycles. The van der Waals surface area contributed by atoms with Crippen LogP contribution in [-0.2, 0) is 17.7 Å². The van der Waals surface area contributed by atoms with Gasteiger partial charge in [0.2, 0.25) is 5.91 Å². The van der Waals surface area contributed by atoms with Crippen LogP contribution in [0.4, 0.5) is 5.69 Å². The van der Waals surface area contributed by atoms with Crippen LogP contribution < -0.4 is 16.8 Å². The Kier molecular flexibility index (Phi) is 5.06. The molecule has 2 aliphatic rings. The molecule has 1 fully saturated rings. The van der Waals surface area contributed by atoms with Gasteiger partial charge in [-0.1, -0.05) is 24.3 Å². The first-order valence-corrected chi connectivity index (χ1v) is 8.59. The zero-order valence-electron chi connectivity index (χ0n) is 14.4. The van der Waals surface area contributed by atoms with Crippen molar-refractivity contribution >= 4 is 11.6 Å². The van der Waals surface area contributed by atoms with E-state index in [1.807, 2.05) is 18.2 Å². The Morgan fingerprint density at radius 1 is 1.20 bits per heavy atom. The van der Waals surface area contributed by atoms with Crippen LogP contribution in [-0.4, -0.2) is 19.1 Å². The number of carbonyl (C=O) groups is 1. The normalized spacial score (nSPS) is 18.7. The van der Waals surface area contributed by atoms with E-state index >= 15 is 0 Å². The van der Waals surface area contributed by atoms with Crippen molar-refractivity contribution in [3.05, 3.63) is 64.7 Å². The number of ether oxygens (including phenoxy) is 1. The third-order valence-corrected chi connectivity index (χ3v) is 5.01. The van der Waals surface area contributed by atoms with Crippen LogP contribution in [0, 0.1) is 0 Å². The summed E-state index contributed by atoms with van der Waals surface area (Å²) >= 11 is 0. The Morgan fingerprint density at radius 2 is 2.00 bits per heavy atom. The second-order valence-electron chi connectivity index (χ2n) is 6.62. The van der Waals surface area contributed by atoms with E-state index in [2.05, 4.69) is 29.2 Å². The third-order valence-electron chi connectivity index (χ3n) is 5.01. The summed E-state index contributed by atoms with van der Waals surface area (Å²) in [7, 11) is 0. The number of rotatable bonds is 4. The van der Waals surface area contributed by atoms with Gasteiger partial charge in [-0.25, -0.2) is 0 Å². The number of fused-ring (bicyclic) bond motifs is 1. The monoisotopic (exact) mass is 339 g/mol. The fourth-order valence-electron chi connectivity index (χ4n) is 3.69. The van der Waals surface area contributed by atoms with Gasteiger partial charge in [-0.3, -0.25) is 4.79 Å². The van der Waals surface area contributed by atoms with Crippen molar-refractivity contribution in [2.45, 2.75) is 31.9 Å². The van der Waals surface area contributed by atoms with Crippen LogP contribution >= 0.6 is 0 Å². The predicted molar refractivity (Wildman–Crippen MR) is 99.1 cm³/mol. The minimum atomic E-state index is -0.360. The van der Waals surface area contributed by atoms with Crippen LogP contribution in [0.25, 0.3) is 0 Å². The molecular formula is C20H25N3O2. The van der Waals surface area contributed by atoms with Crippen LogP contribution in [0.15, 0.2) is 42.5 Å². The Bertz CT molecular complexity index is 752. The van der Waals surface area contributed by atoms with Gasteiger partial charge in [0.25, 0.3) is 0 Å². The average molecular weight is 339 g/mol. The van der Waals surface area contributed by atoms with Gasteiger partial charge >= 0.3 is 0 Å². The molecule has 0 aliphatic carbocycles. The van der Waals surface area contributed by atoms with Crippen molar-refractivity contribution < 1.29 is 9.53 Å². The molecule has 1 unspecified atom stereocenters. The predicted octanol–water partition coefficient (Wildman–Crippen LogP) is 3.36. The SMILES string of the molecule is N.NC(=O)c1ccc2c(c1)CCN2Cc1ccc(C2CCCO2)cc1. The topological polar surface area (TPSA) is 90.6 Å². The molecule has 0 aromatic heterocycles. The van der Waals surface area contributed by atoms with E-state index in [9.17, 15) is 4.79 Å². The zero-order chi connectivity index (χ0) is 16.5. The van der Waals surface area contributed by atoms with E-state index in [4.69, 9.17) is 10.5 Å². The molecule has 2 aromatic carbocycles. The molecule has 5 nitrogen and oxygen atoms in total. The summed E-state index contributed by atoms with van der Waals surface area (Å²) in [5, 5.41) is 0. The third kappa shape index (κ3) is 3.52. The highest BCUT2D eigenvalue weighted by atomic mass is 16.5. The molecule has 0 saturated carbocycles. The maximum Gasteiger partial charge on any atom is 0.248 e. The van der Waals surface area contributed by atoms with Crippen molar-refractivity contribution in [1.29, 1.82) is 0 Å². The number of primary amides is 1. The number of hydrogen-bond acceptors (Lipinski definition) is 4. The van der Waals surface area contributed by atoms with E-state index < -0.39 is 0 Å². The molecule has 25 heavy (non-hydrogen) atoms. The van der Waals surface area contributed by atoms with Gasteiger partial charge in [0, 0.05) is 30.9 Å². The Morgan fingerprint density at radius 3 is 2.68 bits per heavy atom. The molecule has 0 bridgehead atoms. The number of amides is 1. The van der Waals surface area contributed by atoms with Gasteiger partial charge in [0.15, 0.2) is 0 Å². The fraction of sp³-hybridized carbons (Fsp3) is 0.350. The number of nitrogens with two attached hydrogens (primary N) is 1. The Hall–Kier alpha value is -2.37. The highest BCUT2D eigenvalue weighted by Gasteiger charge is 2.21. The number of hydrogen-bond donors (Lipinski definition) is 2. The summed E-state index contributed by atoms with van der Waals surface area (Å²) in [4.78, 5) is 13.7. The van der Waals surface area contributed by atoms with Gasteiger partial charge in [-0.15, -0.1) is 0 Å². The second kappa shape index (κ2) is 7.25. The first kappa shape index (κ1) is 17.5. The first-order valence-electron chi connectivity index (χ1n) is 8.59. The van der Waals surface area contributed by atoms with E-state index in [0.29, 0.717) is 5.56 Å². The Balaban J connectivity index is 0.00000182. The fourth-order valence-corrected chi connectivity index (χ4v) is 3.69. The molecule has 5 N–H and O–H groups in total. The molecule has 4 rings (SSSR count). The number of benzene rings is 2. The van der Waals surface area contributed by atoms with Crippen molar-refractivity contribution in [2.75, 3.05) is 18.1 Å². The van der Waals surface area contributed by atoms with Crippen molar-refractivity contribution in [3.8, 4) is 0 Å². The van der Waals surface area contributed by atoms with Gasteiger partial charge in [-0.2, -0.15) is 0 Å². The van der Waals surface area contributed by atoms with E-state index in [1.165, 1.54) is 22.4 Å². The molecule has 2 aromatic rings. The molecule has 5 heteroatoms. The standard InChI is InChI=1S/C20H22N2O2.H3N/c21-20(23)17-7-8-18-16(12-17)9-10-22(18)13-14-3-5-15(6-4-14)19-2-1-11-24-19;/h3-8,12,19H,1-2,9-11,13H2,(H2,21,23);1H3. The van der Waals surface area contributed by atoms with E-state index in [-0.39, 0.29) is 18.2 Å². The molecule has 1 amide bonds. The van der Waals surface area contributed by atoms with E-state index in [1.54, 1.807) is 0 Å². The van der Waals surface area contributed by atoms with Gasteiger partial charge < -0.3 is 21.5 Å². The maximum absolute atomic E-state index is 11.3. The maximum atomic E-state index is 11.3. The van der Waals surface area contributed by atoms with Gasteiger partial charge in [-0.05, 0) is 54.2 Å². The molecule has 1 atom stereocenters. The summed E-state index contributed by atoms with van der Waals surface area (Å²) in [5.74, 6) is -0.360. The lowest BCUT2D eigenvalue weighted by molar-refractivity contribution is 0.1000. The van der Waals surface area contributed by atoms with Crippen LogP contribution in [0.2, 0.25) is 0 Å². The lowest BCUT2D eigenvalue weighted by Crippen LogP contribution is -2.19. The molecule has 1 saturated heterocycles. The average Bonchev–Trinajstić information content (AvgIpc) is 3.25. The summed E-state index contributed by atoms with van der Waals surface area (Å²) in [6.07, 6.45) is 3.52. The summed E-state index contributed by atoms with van der Waals surface area (Å²) < 4.78 is 5.74. The highest BCUT2D eigenvalue weighted by Crippen LogP contribution is 2.31. The summed E-state index contributed by atoms with van der Waals surface area (Å²) in [6.45, 7) is 2.74. The lowest BCUT2D eigenvalue weighted by atomic mass is 10.0. The van der Waals surface area contributed by atoms with Crippen LogP contribution in [0.5, 0.6) is 0 Å². The lowest BCUT2D eigenvalue weighted by Gasteiger charge is -2.20. The number of anilines is 1. The molecule has 132 valence electrons. The largest absolute Gasteiger partial charge is 0.374 e. The number of carbonyl (C=O) groups excluding carboxylic acids is 1. The van der Waals surface area contributed by atoms with Crippen LogP contribution in [0.1, 0.15) is 46.0 Å². The first-order chi connectivity index (χ1) is 11.7. The van der Waals surface area contributed by atoms with Crippen LogP contribution in [0.3, 0.4) is 0 Å². The highest BCUT2D eigenvalue weighted by molar-refractivity contribution is 5.93. The number of nitrogens with zero attached hydrogens (tertiary/aromatic N) is 1.